The smallest absolute Gasteiger partial charge is 0.0781 e. The number of pyridine rings is 1. The molecule has 1 nitrogen and oxygen atoms in total. The van der Waals surface area contributed by atoms with E-state index in [0.717, 1.165) is 5.69 Å². The molecule has 0 saturated carbocycles. The minimum atomic E-state index is 1.07. The lowest BCUT2D eigenvalue weighted by molar-refractivity contribution is 1.31. The van der Waals surface area contributed by atoms with Gasteiger partial charge in [-0.05, 0) is 43.7 Å². The van der Waals surface area contributed by atoms with Crippen LogP contribution in [0.2, 0.25) is 0 Å². The third kappa shape index (κ3) is 2.87. The maximum Gasteiger partial charge on any atom is 0.0781 e. The lowest BCUT2D eigenvalue weighted by atomic mass is 9.97. The van der Waals surface area contributed by atoms with E-state index in [0.29, 0.717) is 0 Å². The van der Waals surface area contributed by atoms with E-state index in [4.69, 9.17) is 4.98 Å². The minimum Gasteiger partial charge on any atom is -0.255 e. The van der Waals surface area contributed by atoms with Crippen LogP contribution in [-0.2, 0) is 0 Å². The van der Waals surface area contributed by atoms with Crippen molar-refractivity contribution in [1.82, 2.24) is 4.98 Å². The first-order valence-corrected chi connectivity index (χ1v) is 9.96. The summed E-state index contributed by atoms with van der Waals surface area (Å²) in [6, 6.07) is 23.8. The molecule has 0 N–H and O–H groups in total. The molecule has 0 bridgehead atoms. The molecule has 0 radical (unpaired) electrons. The highest BCUT2D eigenvalue weighted by atomic mass is 32.2. The molecule has 5 rings (SSSR count). The van der Waals surface area contributed by atoms with Gasteiger partial charge in [0.25, 0.3) is 0 Å². The Morgan fingerprint density at radius 2 is 1.56 bits per heavy atom. The lowest BCUT2D eigenvalue weighted by Gasteiger charge is -2.19. The van der Waals surface area contributed by atoms with Crippen molar-refractivity contribution in [3.8, 4) is 11.3 Å². The van der Waals surface area contributed by atoms with Gasteiger partial charge in [-0.15, -0.1) is 0 Å². The number of nitrogens with zero attached hydrogens (tertiary/aromatic N) is 1. The summed E-state index contributed by atoms with van der Waals surface area (Å²) in [5, 5.41) is 2.54. The van der Waals surface area contributed by atoms with E-state index in [1.165, 1.54) is 48.4 Å². The molecule has 0 saturated heterocycles. The summed E-state index contributed by atoms with van der Waals surface area (Å²) >= 11 is 1.85. The maximum absolute atomic E-state index is 4.88. The largest absolute Gasteiger partial charge is 0.255 e. The number of aromatic nitrogens is 1. The van der Waals surface area contributed by atoms with Crippen LogP contribution in [0.15, 0.2) is 77.8 Å². The second kappa shape index (κ2) is 6.40. The second-order valence-corrected chi connectivity index (χ2v) is 8.18. The molecule has 4 aromatic rings. The van der Waals surface area contributed by atoms with Gasteiger partial charge in [0.05, 0.1) is 5.69 Å². The molecule has 2 heteroatoms. The van der Waals surface area contributed by atoms with Gasteiger partial charge in [0, 0.05) is 37.9 Å². The van der Waals surface area contributed by atoms with Gasteiger partial charge >= 0.3 is 0 Å². The van der Waals surface area contributed by atoms with Crippen LogP contribution >= 0.6 is 11.8 Å². The zero-order valence-electron chi connectivity index (χ0n) is 15.4. The first-order valence-electron chi connectivity index (χ1n) is 9.14. The van der Waals surface area contributed by atoms with Crippen LogP contribution in [0.5, 0.6) is 0 Å². The van der Waals surface area contributed by atoms with Crippen LogP contribution in [-0.4, -0.2) is 4.98 Å². The zero-order chi connectivity index (χ0) is 18.4. The van der Waals surface area contributed by atoms with E-state index >= 15 is 0 Å². The van der Waals surface area contributed by atoms with Crippen LogP contribution < -0.4 is 0 Å². The molecule has 0 unspecified atom stereocenters. The SMILES string of the molecule is Cc1cc(C)cc(-c2ncc3c4c(cccc24)SC(c2ccccc2)=C3)c1. The summed E-state index contributed by atoms with van der Waals surface area (Å²) in [5.41, 5.74) is 7.26. The van der Waals surface area contributed by atoms with Crippen molar-refractivity contribution in [2.45, 2.75) is 18.7 Å². The summed E-state index contributed by atoms with van der Waals surface area (Å²) in [6.45, 7) is 4.29. The molecule has 2 heterocycles. The average molecular weight is 366 g/mol. The van der Waals surface area contributed by atoms with E-state index in [2.05, 4.69) is 86.7 Å². The molecule has 27 heavy (non-hydrogen) atoms. The number of hydrogen-bond donors (Lipinski definition) is 0. The Bertz CT molecular complexity index is 1190. The first-order chi connectivity index (χ1) is 13.2. The van der Waals surface area contributed by atoms with Crippen molar-refractivity contribution >= 4 is 33.5 Å². The molecule has 130 valence electrons. The Hall–Kier alpha value is -2.84. The van der Waals surface area contributed by atoms with Crippen molar-refractivity contribution in [3.63, 3.8) is 0 Å². The number of thioether (sulfide) groups is 1. The highest BCUT2D eigenvalue weighted by Crippen LogP contribution is 2.46. The van der Waals surface area contributed by atoms with Crippen LogP contribution in [0.25, 0.3) is 33.0 Å². The minimum absolute atomic E-state index is 1.07. The Morgan fingerprint density at radius 3 is 2.33 bits per heavy atom. The van der Waals surface area contributed by atoms with E-state index < -0.39 is 0 Å². The Kier molecular flexibility index (Phi) is 3.87. The fourth-order valence-electron chi connectivity index (χ4n) is 3.86. The third-order valence-corrected chi connectivity index (χ3v) is 6.10. The number of benzene rings is 3. The van der Waals surface area contributed by atoms with Gasteiger partial charge in [-0.3, -0.25) is 4.98 Å². The van der Waals surface area contributed by atoms with Crippen LogP contribution in [0.4, 0.5) is 0 Å². The van der Waals surface area contributed by atoms with Crippen LogP contribution in [0.3, 0.4) is 0 Å². The zero-order valence-corrected chi connectivity index (χ0v) is 16.2. The molecular formula is C25H19NS. The molecule has 0 fully saturated rings. The highest BCUT2D eigenvalue weighted by Gasteiger charge is 2.18. The summed E-state index contributed by atoms with van der Waals surface area (Å²) in [5.74, 6) is 0. The Balaban J connectivity index is 1.73. The molecule has 1 aromatic heterocycles. The van der Waals surface area contributed by atoms with E-state index in [1.54, 1.807) is 0 Å². The molecule has 0 aliphatic carbocycles. The van der Waals surface area contributed by atoms with Gasteiger partial charge in [0.2, 0.25) is 0 Å². The van der Waals surface area contributed by atoms with Crippen molar-refractivity contribution in [3.05, 3.63) is 95.2 Å². The van der Waals surface area contributed by atoms with Crippen molar-refractivity contribution in [1.29, 1.82) is 0 Å². The van der Waals surface area contributed by atoms with Gasteiger partial charge in [0.15, 0.2) is 0 Å². The summed E-state index contributed by atoms with van der Waals surface area (Å²) < 4.78 is 0. The Labute approximate surface area is 163 Å². The topological polar surface area (TPSA) is 12.9 Å². The highest BCUT2D eigenvalue weighted by molar-refractivity contribution is 8.08. The molecule has 1 aliphatic heterocycles. The quantitative estimate of drug-likeness (QED) is 0.375. The second-order valence-electron chi connectivity index (χ2n) is 7.09. The molecule has 3 aromatic carbocycles. The van der Waals surface area contributed by atoms with E-state index in [-0.39, 0.29) is 0 Å². The first kappa shape index (κ1) is 16.3. The van der Waals surface area contributed by atoms with Crippen molar-refractivity contribution in [2.75, 3.05) is 0 Å². The summed E-state index contributed by atoms with van der Waals surface area (Å²) in [4.78, 5) is 7.46. The fraction of sp³-hybridized carbons (Fsp3) is 0.0800. The van der Waals surface area contributed by atoms with E-state index in [1.807, 2.05) is 18.0 Å². The molecular weight excluding hydrogens is 346 g/mol. The van der Waals surface area contributed by atoms with Gasteiger partial charge in [-0.1, -0.05) is 71.4 Å². The lowest BCUT2D eigenvalue weighted by Crippen LogP contribution is -1.95. The number of rotatable bonds is 2. The van der Waals surface area contributed by atoms with Crippen molar-refractivity contribution in [2.24, 2.45) is 0 Å². The van der Waals surface area contributed by atoms with Gasteiger partial charge in [-0.2, -0.15) is 0 Å². The molecule has 1 aliphatic rings. The third-order valence-electron chi connectivity index (χ3n) is 4.96. The van der Waals surface area contributed by atoms with Crippen molar-refractivity contribution < 1.29 is 0 Å². The standard InChI is InChI=1S/C25H19NS/c1-16-11-17(2)13-19(12-16)25-21-9-6-10-22-24(21)20(15-26-25)14-23(27-22)18-7-4-3-5-8-18/h3-15H,1-2H3. The number of hydrogen-bond acceptors (Lipinski definition) is 2. The summed E-state index contributed by atoms with van der Waals surface area (Å²) in [6.07, 6.45) is 4.30. The molecule has 0 atom stereocenters. The molecule has 0 spiro atoms. The van der Waals surface area contributed by atoms with Gasteiger partial charge in [0.1, 0.15) is 0 Å². The van der Waals surface area contributed by atoms with Crippen LogP contribution in [0, 0.1) is 13.8 Å². The Morgan fingerprint density at radius 1 is 0.778 bits per heavy atom. The average Bonchev–Trinajstić information content (AvgIpc) is 2.68. The fourth-order valence-corrected chi connectivity index (χ4v) is 5.02. The van der Waals surface area contributed by atoms with Gasteiger partial charge in [-0.25, -0.2) is 0 Å². The van der Waals surface area contributed by atoms with E-state index in [9.17, 15) is 0 Å². The van der Waals surface area contributed by atoms with Crippen LogP contribution in [0.1, 0.15) is 22.3 Å². The molecule has 0 amide bonds. The predicted molar refractivity (Wildman–Crippen MR) is 117 cm³/mol. The summed E-state index contributed by atoms with van der Waals surface area (Å²) in [7, 11) is 0. The monoisotopic (exact) mass is 365 g/mol. The van der Waals surface area contributed by atoms with Gasteiger partial charge < -0.3 is 0 Å². The maximum atomic E-state index is 4.88. The normalized spacial score (nSPS) is 12.9. The predicted octanol–water partition coefficient (Wildman–Crippen LogP) is 7.12. The number of aryl methyl sites for hydroxylation is 2.